The number of carbonyl (C=O) groups is 2. The van der Waals surface area contributed by atoms with Gasteiger partial charge < -0.3 is 14.2 Å². The van der Waals surface area contributed by atoms with Crippen molar-refractivity contribution in [1.29, 1.82) is 0 Å². The van der Waals surface area contributed by atoms with Crippen LogP contribution in [-0.2, 0) is 23.8 Å². The third kappa shape index (κ3) is 1.59. The van der Waals surface area contributed by atoms with Crippen LogP contribution in [-0.4, -0.2) is 26.2 Å². The number of aryl methyl sites for hydroxylation is 1. The summed E-state index contributed by atoms with van der Waals surface area (Å²) in [7, 11) is 2.57. The molecule has 104 valence electrons. The minimum atomic E-state index is -0.552. The zero-order valence-corrected chi connectivity index (χ0v) is 11.4. The first-order chi connectivity index (χ1) is 9.58. The highest BCUT2D eigenvalue weighted by Gasteiger charge is 2.50. The van der Waals surface area contributed by atoms with Gasteiger partial charge in [-0.05, 0) is 18.1 Å². The van der Waals surface area contributed by atoms with Gasteiger partial charge in [-0.1, -0.05) is 23.8 Å². The summed E-state index contributed by atoms with van der Waals surface area (Å²) in [6.45, 7) is 1.97. The standard InChI is InChI=1S/C15H14O5/c1-7-4-5-8-9(6-7)13-11(15(17)19-3)10(12(8)20-13)14(16)18-2/h4-6,12-13H,1-3H3. The summed E-state index contributed by atoms with van der Waals surface area (Å²) in [5.41, 5.74) is 3.41. The smallest absolute Gasteiger partial charge is 0.337 e. The van der Waals surface area contributed by atoms with Gasteiger partial charge in [0, 0.05) is 0 Å². The summed E-state index contributed by atoms with van der Waals surface area (Å²) in [4.78, 5) is 23.9. The Bertz CT molecular complexity index is 644. The molecule has 0 spiro atoms. The van der Waals surface area contributed by atoms with Crippen LogP contribution in [0.25, 0.3) is 0 Å². The van der Waals surface area contributed by atoms with Crippen molar-refractivity contribution in [3.05, 3.63) is 46.0 Å². The van der Waals surface area contributed by atoms with Crippen molar-refractivity contribution in [2.75, 3.05) is 14.2 Å². The fourth-order valence-corrected chi connectivity index (χ4v) is 2.83. The number of esters is 2. The Kier molecular flexibility index (Phi) is 2.87. The predicted molar refractivity (Wildman–Crippen MR) is 68.8 cm³/mol. The molecule has 3 rings (SSSR count). The van der Waals surface area contributed by atoms with Crippen molar-refractivity contribution in [1.82, 2.24) is 0 Å². The molecule has 0 N–H and O–H groups in total. The van der Waals surface area contributed by atoms with Crippen molar-refractivity contribution in [2.45, 2.75) is 19.1 Å². The topological polar surface area (TPSA) is 61.8 Å². The molecule has 0 fully saturated rings. The number of hydrogen-bond acceptors (Lipinski definition) is 5. The van der Waals surface area contributed by atoms with E-state index in [1.807, 2.05) is 25.1 Å². The molecule has 2 aliphatic heterocycles. The van der Waals surface area contributed by atoms with Crippen LogP contribution in [0.4, 0.5) is 0 Å². The molecule has 2 heterocycles. The Hall–Kier alpha value is -2.14. The molecule has 1 aromatic carbocycles. The van der Waals surface area contributed by atoms with Crippen molar-refractivity contribution in [2.24, 2.45) is 0 Å². The Morgan fingerprint density at radius 2 is 1.55 bits per heavy atom. The average Bonchev–Trinajstić information content (AvgIpc) is 3.01. The summed E-state index contributed by atoms with van der Waals surface area (Å²) >= 11 is 0. The van der Waals surface area contributed by atoms with Crippen LogP contribution in [0.15, 0.2) is 29.3 Å². The molecule has 5 heteroatoms. The Morgan fingerprint density at radius 1 is 1.00 bits per heavy atom. The van der Waals surface area contributed by atoms with Crippen LogP contribution in [0.1, 0.15) is 28.9 Å². The number of ether oxygens (including phenoxy) is 3. The van der Waals surface area contributed by atoms with Crippen LogP contribution in [0, 0.1) is 6.92 Å². The summed E-state index contributed by atoms with van der Waals surface area (Å²) < 4.78 is 15.3. The third-order valence-electron chi connectivity index (χ3n) is 3.70. The fourth-order valence-electron chi connectivity index (χ4n) is 2.83. The summed E-state index contributed by atoms with van der Waals surface area (Å²) in [5.74, 6) is -1.10. The first-order valence-corrected chi connectivity index (χ1v) is 6.25. The van der Waals surface area contributed by atoms with E-state index in [1.165, 1.54) is 14.2 Å². The number of hydrogen-bond donors (Lipinski definition) is 0. The second kappa shape index (κ2) is 4.45. The van der Waals surface area contributed by atoms with Crippen LogP contribution in [0.3, 0.4) is 0 Å². The van der Waals surface area contributed by atoms with Crippen molar-refractivity contribution in [3.63, 3.8) is 0 Å². The number of benzene rings is 1. The maximum absolute atomic E-state index is 12.0. The van der Waals surface area contributed by atoms with Gasteiger partial charge in [0.15, 0.2) is 0 Å². The average molecular weight is 274 g/mol. The lowest BCUT2D eigenvalue weighted by Crippen LogP contribution is -2.19. The molecule has 0 saturated heterocycles. The SMILES string of the molecule is COC(=O)C1=C(C(=O)OC)C2OC1c1ccc(C)cc12. The molecule has 0 aromatic heterocycles. The molecule has 0 radical (unpaired) electrons. The second-order valence-electron chi connectivity index (χ2n) is 4.84. The van der Waals surface area contributed by atoms with Gasteiger partial charge in [-0.15, -0.1) is 0 Å². The third-order valence-corrected chi connectivity index (χ3v) is 3.70. The van der Waals surface area contributed by atoms with Crippen LogP contribution < -0.4 is 0 Å². The van der Waals surface area contributed by atoms with Crippen molar-refractivity contribution < 1.29 is 23.8 Å². The van der Waals surface area contributed by atoms with E-state index in [9.17, 15) is 9.59 Å². The predicted octanol–water partition coefficient (Wildman–Crippen LogP) is 1.76. The fraction of sp³-hybridized carbons (Fsp3) is 0.333. The number of rotatable bonds is 2. The zero-order chi connectivity index (χ0) is 14.4. The maximum atomic E-state index is 12.0. The molecule has 2 bridgehead atoms. The molecule has 0 aliphatic carbocycles. The van der Waals surface area contributed by atoms with Gasteiger partial charge in [-0.2, -0.15) is 0 Å². The monoisotopic (exact) mass is 274 g/mol. The van der Waals surface area contributed by atoms with Gasteiger partial charge in [-0.3, -0.25) is 0 Å². The quantitative estimate of drug-likeness (QED) is 0.769. The van der Waals surface area contributed by atoms with E-state index in [0.29, 0.717) is 0 Å². The number of carbonyl (C=O) groups excluding carboxylic acids is 2. The Labute approximate surface area is 116 Å². The van der Waals surface area contributed by atoms with Gasteiger partial charge in [0.1, 0.15) is 12.2 Å². The van der Waals surface area contributed by atoms with Gasteiger partial charge in [0.05, 0.1) is 25.4 Å². The Balaban J connectivity index is 2.16. The first-order valence-electron chi connectivity index (χ1n) is 6.25. The zero-order valence-electron chi connectivity index (χ0n) is 11.4. The number of methoxy groups -OCH3 is 2. The van der Waals surface area contributed by atoms with Crippen LogP contribution in [0.5, 0.6) is 0 Å². The highest BCUT2D eigenvalue weighted by atomic mass is 16.5. The molecule has 0 amide bonds. The van der Waals surface area contributed by atoms with E-state index in [0.717, 1.165) is 16.7 Å². The minimum absolute atomic E-state index is 0.251. The number of fused-ring (bicyclic) bond motifs is 5. The van der Waals surface area contributed by atoms with E-state index in [2.05, 4.69) is 0 Å². The first kappa shape index (κ1) is 12.9. The maximum Gasteiger partial charge on any atom is 0.337 e. The summed E-state index contributed by atoms with van der Waals surface area (Å²) in [5, 5.41) is 0. The molecule has 2 aliphatic rings. The van der Waals surface area contributed by atoms with Crippen molar-refractivity contribution in [3.8, 4) is 0 Å². The molecule has 5 nitrogen and oxygen atoms in total. The van der Waals surface area contributed by atoms with E-state index in [-0.39, 0.29) is 11.1 Å². The molecule has 1 aromatic rings. The second-order valence-corrected chi connectivity index (χ2v) is 4.84. The highest BCUT2D eigenvalue weighted by molar-refractivity contribution is 6.04. The molecule has 2 unspecified atom stereocenters. The summed E-state index contributed by atoms with van der Waals surface area (Å²) in [6.07, 6.45) is -1.09. The lowest BCUT2D eigenvalue weighted by molar-refractivity contribution is -0.139. The molecule has 0 saturated carbocycles. The highest BCUT2D eigenvalue weighted by Crippen LogP contribution is 2.54. The largest absolute Gasteiger partial charge is 0.466 e. The van der Waals surface area contributed by atoms with Crippen LogP contribution in [0.2, 0.25) is 0 Å². The Morgan fingerprint density at radius 3 is 2.10 bits per heavy atom. The lowest BCUT2D eigenvalue weighted by atomic mass is 9.85. The molecular formula is C15H14O5. The van der Waals surface area contributed by atoms with E-state index in [4.69, 9.17) is 14.2 Å². The summed E-state index contributed by atoms with van der Waals surface area (Å²) in [6, 6.07) is 5.85. The van der Waals surface area contributed by atoms with Crippen LogP contribution >= 0.6 is 0 Å². The van der Waals surface area contributed by atoms with E-state index in [1.54, 1.807) is 0 Å². The van der Waals surface area contributed by atoms with Gasteiger partial charge in [0.2, 0.25) is 0 Å². The lowest BCUT2D eigenvalue weighted by Gasteiger charge is -2.17. The normalized spacial score (nSPS) is 22.8. The molecular weight excluding hydrogens is 260 g/mol. The van der Waals surface area contributed by atoms with Gasteiger partial charge in [-0.25, -0.2) is 9.59 Å². The van der Waals surface area contributed by atoms with Gasteiger partial charge >= 0.3 is 11.9 Å². The van der Waals surface area contributed by atoms with Crippen molar-refractivity contribution >= 4 is 11.9 Å². The van der Waals surface area contributed by atoms with E-state index >= 15 is 0 Å². The van der Waals surface area contributed by atoms with E-state index < -0.39 is 24.1 Å². The molecule has 2 atom stereocenters. The molecule has 20 heavy (non-hydrogen) atoms. The minimum Gasteiger partial charge on any atom is -0.466 e. The van der Waals surface area contributed by atoms with Gasteiger partial charge in [0.25, 0.3) is 0 Å².